The topological polar surface area (TPSA) is 0 Å². The lowest BCUT2D eigenvalue weighted by Crippen LogP contribution is -1.85. The van der Waals surface area contributed by atoms with Crippen LogP contribution >= 0.6 is 0 Å². The van der Waals surface area contributed by atoms with E-state index in [0.29, 0.717) is 0 Å². The van der Waals surface area contributed by atoms with Gasteiger partial charge in [0, 0.05) is 0 Å². The van der Waals surface area contributed by atoms with Crippen LogP contribution in [0, 0.1) is 6.42 Å². The van der Waals surface area contributed by atoms with Gasteiger partial charge in [-0.2, -0.15) is 0 Å². The van der Waals surface area contributed by atoms with Gasteiger partial charge in [0.05, 0.1) is 0 Å². The van der Waals surface area contributed by atoms with Crippen molar-refractivity contribution in [3.8, 4) is 0 Å². The van der Waals surface area contributed by atoms with Crippen molar-refractivity contribution in [2.24, 2.45) is 0 Å². The predicted octanol–water partition coefficient (Wildman–Crippen LogP) is 3.62. The molecule has 0 unspecified atom stereocenters. The molecule has 0 N–H and O–H groups in total. The maximum Gasteiger partial charge on any atom is -0.0248 e. The minimum absolute atomic E-state index is 1.13. The van der Waals surface area contributed by atoms with E-state index in [1.54, 1.807) is 0 Å². The molecule has 65 valence electrons. The van der Waals surface area contributed by atoms with E-state index in [1.807, 2.05) is 0 Å². The molecule has 0 fully saturated rings. The molecule has 0 bridgehead atoms. The summed E-state index contributed by atoms with van der Waals surface area (Å²) in [7, 11) is 0. The standard InChI is InChI=1S/C12H17/c1-2-3-4-6-9-12-10-7-5-8-11-12/h5-8,10-11H,2-4,9H2,1H3. The van der Waals surface area contributed by atoms with Crippen LogP contribution in [0.4, 0.5) is 0 Å². The molecular formula is C12H17. The van der Waals surface area contributed by atoms with Crippen molar-refractivity contribution >= 4 is 0 Å². The zero-order valence-electron chi connectivity index (χ0n) is 7.79. The summed E-state index contributed by atoms with van der Waals surface area (Å²) in [5, 5.41) is 0. The number of unbranched alkanes of at least 4 members (excludes halogenated alkanes) is 3. The highest BCUT2D eigenvalue weighted by atomic mass is 14.0. The summed E-state index contributed by atoms with van der Waals surface area (Å²) in [5.74, 6) is 0. The van der Waals surface area contributed by atoms with E-state index in [2.05, 4.69) is 43.7 Å². The predicted molar refractivity (Wildman–Crippen MR) is 54.0 cm³/mol. The smallest absolute Gasteiger partial charge is 0.0248 e. The molecule has 0 saturated carbocycles. The number of hydrogen-bond donors (Lipinski definition) is 0. The lowest BCUT2D eigenvalue weighted by atomic mass is 10.1. The summed E-state index contributed by atoms with van der Waals surface area (Å²) in [6.07, 6.45) is 7.38. The Hall–Kier alpha value is -0.780. The van der Waals surface area contributed by atoms with Gasteiger partial charge in [-0.3, -0.25) is 0 Å². The summed E-state index contributed by atoms with van der Waals surface area (Å²) >= 11 is 0. The van der Waals surface area contributed by atoms with Gasteiger partial charge in [0.15, 0.2) is 0 Å². The maximum atomic E-state index is 2.37. The Morgan fingerprint density at radius 1 is 1.17 bits per heavy atom. The molecule has 1 rings (SSSR count). The highest BCUT2D eigenvalue weighted by Crippen LogP contribution is 2.05. The molecule has 0 aromatic heterocycles. The quantitative estimate of drug-likeness (QED) is 0.578. The molecule has 0 atom stereocenters. The van der Waals surface area contributed by atoms with Gasteiger partial charge in [-0.05, 0) is 24.8 Å². The van der Waals surface area contributed by atoms with Crippen LogP contribution in [-0.2, 0) is 6.42 Å². The van der Waals surface area contributed by atoms with E-state index in [4.69, 9.17) is 0 Å². The lowest BCUT2D eigenvalue weighted by Gasteiger charge is -1.99. The molecule has 1 aromatic carbocycles. The Labute approximate surface area is 75.6 Å². The second-order valence-corrected chi connectivity index (χ2v) is 3.12. The van der Waals surface area contributed by atoms with E-state index in [0.717, 1.165) is 6.42 Å². The molecule has 1 aromatic rings. The second kappa shape index (κ2) is 5.82. The number of benzene rings is 1. The van der Waals surface area contributed by atoms with Crippen molar-refractivity contribution < 1.29 is 0 Å². The summed E-state index contributed by atoms with van der Waals surface area (Å²) < 4.78 is 0. The fourth-order valence-corrected chi connectivity index (χ4v) is 1.23. The van der Waals surface area contributed by atoms with Crippen LogP contribution < -0.4 is 0 Å². The second-order valence-electron chi connectivity index (χ2n) is 3.12. The summed E-state index contributed by atoms with van der Waals surface area (Å²) in [6.45, 7) is 2.23. The van der Waals surface area contributed by atoms with Crippen LogP contribution in [0.15, 0.2) is 30.3 Å². The van der Waals surface area contributed by atoms with Crippen LogP contribution in [-0.4, -0.2) is 0 Å². The molecule has 1 radical (unpaired) electrons. The largest absolute Gasteiger partial charge is 0.0654 e. The van der Waals surface area contributed by atoms with Gasteiger partial charge in [0.2, 0.25) is 0 Å². The highest BCUT2D eigenvalue weighted by Gasteiger charge is 1.90. The molecule has 0 spiro atoms. The third kappa shape index (κ3) is 3.56. The average molecular weight is 161 g/mol. The minimum atomic E-state index is 1.13. The van der Waals surface area contributed by atoms with Crippen LogP contribution in [0.25, 0.3) is 0 Å². The van der Waals surface area contributed by atoms with Gasteiger partial charge in [0.25, 0.3) is 0 Å². The van der Waals surface area contributed by atoms with Crippen molar-refractivity contribution in [1.29, 1.82) is 0 Å². The van der Waals surface area contributed by atoms with Crippen LogP contribution in [0.3, 0.4) is 0 Å². The van der Waals surface area contributed by atoms with Gasteiger partial charge in [-0.15, -0.1) is 0 Å². The molecule has 0 aliphatic rings. The first-order chi connectivity index (χ1) is 5.93. The molecule has 0 amide bonds. The van der Waals surface area contributed by atoms with Gasteiger partial charge < -0.3 is 0 Å². The zero-order chi connectivity index (χ0) is 8.65. The van der Waals surface area contributed by atoms with Crippen molar-refractivity contribution in [3.05, 3.63) is 42.3 Å². The maximum absolute atomic E-state index is 2.37. The Balaban J connectivity index is 2.16. The molecule has 0 heterocycles. The zero-order valence-corrected chi connectivity index (χ0v) is 7.79. The number of hydrogen-bond acceptors (Lipinski definition) is 0. The van der Waals surface area contributed by atoms with E-state index in [-0.39, 0.29) is 0 Å². The molecule has 0 aliphatic carbocycles. The van der Waals surface area contributed by atoms with Crippen LogP contribution in [0.2, 0.25) is 0 Å². The first-order valence-electron chi connectivity index (χ1n) is 4.79. The normalized spacial score (nSPS) is 10.1. The molecule has 12 heavy (non-hydrogen) atoms. The Morgan fingerprint density at radius 3 is 2.58 bits per heavy atom. The lowest BCUT2D eigenvalue weighted by molar-refractivity contribution is 0.767. The molecule has 0 nitrogen and oxygen atoms in total. The molecule has 0 saturated heterocycles. The SMILES string of the molecule is CCCC[CH]Cc1ccccc1. The monoisotopic (exact) mass is 161 g/mol. The van der Waals surface area contributed by atoms with E-state index in [1.165, 1.54) is 24.8 Å². The van der Waals surface area contributed by atoms with Gasteiger partial charge >= 0.3 is 0 Å². The summed E-state index contributed by atoms with van der Waals surface area (Å²) in [4.78, 5) is 0. The van der Waals surface area contributed by atoms with E-state index < -0.39 is 0 Å². The fourth-order valence-electron chi connectivity index (χ4n) is 1.23. The minimum Gasteiger partial charge on any atom is -0.0654 e. The van der Waals surface area contributed by atoms with Crippen molar-refractivity contribution in [1.82, 2.24) is 0 Å². The van der Waals surface area contributed by atoms with Gasteiger partial charge in [0.1, 0.15) is 0 Å². The Kier molecular flexibility index (Phi) is 4.51. The van der Waals surface area contributed by atoms with Gasteiger partial charge in [-0.1, -0.05) is 50.1 Å². The third-order valence-electron chi connectivity index (χ3n) is 1.98. The Morgan fingerprint density at radius 2 is 1.92 bits per heavy atom. The van der Waals surface area contributed by atoms with Gasteiger partial charge in [-0.25, -0.2) is 0 Å². The first-order valence-corrected chi connectivity index (χ1v) is 4.79. The Bertz CT molecular complexity index is 188. The van der Waals surface area contributed by atoms with Crippen molar-refractivity contribution in [2.75, 3.05) is 0 Å². The molecular weight excluding hydrogens is 144 g/mol. The number of rotatable bonds is 5. The fraction of sp³-hybridized carbons (Fsp3) is 0.417. The first kappa shape index (κ1) is 9.31. The van der Waals surface area contributed by atoms with E-state index >= 15 is 0 Å². The third-order valence-corrected chi connectivity index (χ3v) is 1.98. The van der Waals surface area contributed by atoms with Crippen LogP contribution in [0.1, 0.15) is 31.7 Å². The molecule has 0 heteroatoms. The summed E-state index contributed by atoms with van der Waals surface area (Å²) in [5.41, 5.74) is 1.42. The van der Waals surface area contributed by atoms with Crippen LogP contribution in [0.5, 0.6) is 0 Å². The van der Waals surface area contributed by atoms with E-state index in [9.17, 15) is 0 Å². The average Bonchev–Trinajstić information content (AvgIpc) is 2.14. The van der Waals surface area contributed by atoms with Crippen molar-refractivity contribution in [3.63, 3.8) is 0 Å². The highest BCUT2D eigenvalue weighted by molar-refractivity contribution is 5.16. The van der Waals surface area contributed by atoms with Crippen molar-refractivity contribution in [2.45, 2.75) is 32.6 Å². The molecule has 0 aliphatic heterocycles. The summed E-state index contributed by atoms with van der Waals surface area (Å²) in [6, 6.07) is 10.6.